The van der Waals surface area contributed by atoms with Gasteiger partial charge >= 0.3 is 18.1 Å². The Balaban J connectivity index is 1.88. The quantitative estimate of drug-likeness (QED) is 0.626. The molecule has 10 heteroatoms. The molecule has 0 radical (unpaired) electrons. The Morgan fingerprint density at radius 3 is 2.76 bits per heavy atom. The van der Waals surface area contributed by atoms with Gasteiger partial charge < -0.3 is 15.2 Å². The van der Waals surface area contributed by atoms with E-state index in [4.69, 9.17) is 5.11 Å². The van der Waals surface area contributed by atoms with Crippen molar-refractivity contribution in [1.82, 2.24) is 15.5 Å². The lowest BCUT2D eigenvalue weighted by Gasteiger charge is -2.33. The van der Waals surface area contributed by atoms with Crippen molar-refractivity contribution in [3.05, 3.63) is 10.6 Å². The number of carbonyl (C=O) groups is 4. The molecule has 0 aromatic carbocycles. The molecule has 1 atom stereocenters. The third-order valence-electron chi connectivity index (χ3n) is 2.93. The topological polar surface area (TPSA) is 125 Å². The highest BCUT2D eigenvalue weighted by atomic mass is 32.2. The molecule has 114 valence electrons. The van der Waals surface area contributed by atoms with Gasteiger partial charge in [-0.2, -0.15) is 0 Å². The summed E-state index contributed by atoms with van der Waals surface area (Å²) in [6.07, 6.45) is -0.300. The second kappa shape index (κ2) is 6.04. The minimum absolute atomic E-state index is 0.0172. The largest absolute Gasteiger partial charge is 0.477 e. The Morgan fingerprint density at radius 1 is 1.48 bits per heavy atom. The molecule has 2 rings (SSSR count). The normalized spacial score (nSPS) is 19.8. The van der Waals surface area contributed by atoms with E-state index in [2.05, 4.69) is 10.1 Å². The molecule has 2 aliphatic rings. The second-order valence-corrected chi connectivity index (χ2v) is 5.51. The van der Waals surface area contributed by atoms with Crippen LogP contribution in [-0.2, 0) is 14.3 Å². The summed E-state index contributed by atoms with van der Waals surface area (Å²) in [5.74, 6) is -1.37. The third-order valence-corrected chi connectivity index (χ3v) is 4.26. The van der Waals surface area contributed by atoms with Gasteiger partial charge in [0.15, 0.2) is 0 Å². The van der Waals surface area contributed by atoms with E-state index in [1.54, 1.807) is 0 Å². The van der Waals surface area contributed by atoms with Gasteiger partial charge in [-0.25, -0.2) is 19.7 Å². The molecule has 1 saturated heterocycles. The second-order valence-electron chi connectivity index (χ2n) is 4.24. The standard InChI is InChI=1S/C11H13N3O6S/c1-20-11(19)13-10(18)12-3-2-5-8(9(16)17)14-6(15)4-7(14)21-5/h7H,2-4H2,1H3,(H,16,17)(H2,12,13,18,19)/t7-/m1/s1. The van der Waals surface area contributed by atoms with Gasteiger partial charge in [-0.15, -0.1) is 11.8 Å². The van der Waals surface area contributed by atoms with Crippen LogP contribution in [0.2, 0.25) is 0 Å². The fourth-order valence-electron chi connectivity index (χ4n) is 1.98. The molecule has 0 aliphatic carbocycles. The zero-order valence-corrected chi connectivity index (χ0v) is 11.9. The van der Waals surface area contributed by atoms with E-state index in [0.717, 1.165) is 7.11 Å². The summed E-state index contributed by atoms with van der Waals surface area (Å²) in [7, 11) is 1.13. The number of rotatable bonds is 4. The molecule has 9 nitrogen and oxygen atoms in total. The molecule has 0 saturated carbocycles. The first kappa shape index (κ1) is 15.2. The number of nitrogens with zero attached hydrogens (tertiary/aromatic N) is 1. The number of thioether (sulfide) groups is 1. The summed E-state index contributed by atoms with van der Waals surface area (Å²) >= 11 is 1.31. The lowest BCUT2D eigenvalue weighted by molar-refractivity contribution is -0.145. The monoisotopic (exact) mass is 315 g/mol. The van der Waals surface area contributed by atoms with Gasteiger partial charge in [0.25, 0.3) is 0 Å². The van der Waals surface area contributed by atoms with Crippen LogP contribution in [0.25, 0.3) is 0 Å². The van der Waals surface area contributed by atoms with Gasteiger partial charge in [0.1, 0.15) is 5.70 Å². The molecular weight excluding hydrogens is 302 g/mol. The summed E-state index contributed by atoms with van der Waals surface area (Å²) in [4.78, 5) is 46.4. The molecule has 2 heterocycles. The minimum atomic E-state index is -1.16. The van der Waals surface area contributed by atoms with Crippen LogP contribution >= 0.6 is 11.8 Å². The summed E-state index contributed by atoms with van der Waals surface area (Å²) < 4.78 is 4.25. The van der Waals surface area contributed by atoms with Gasteiger partial charge in [-0.3, -0.25) is 9.69 Å². The number of fused-ring (bicyclic) bond motifs is 1. The van der Waals surface area contributed by atoms with Crippen LogP contribution in [0.15, 0.2) is 10.6 Å². The van der Waals surface area contributed by atoms with E-state index < -0.39 is 18.1 Å². The highest BCUT2D eigenvalue weighted by Gasteiger charge is 2.48. The number of hydrogen-bond donors (Lipinski definition) is 3. The number of ether oxygens (including phenoxy) is 1. The molecule has 0 spiro atoms. The molecule has 21 heavy (non-hydrogen) atoms. The molecule has 0 aromatic heterocycles. The van der Waals surface area contributed by atoms with Gasteiger partial charge in [0.05, 0.1) is 18.9 Å². The van der Waals surface area contributed by atoms with Crippen LogP contribution in [0.4, 0.5) is 9.59 Å². The Hall–Kier alpha value is -2.23. The molecule has 2 aliphatic heterocycles. The van der Waals surface area contributed by atoms with E-state index in [1.807, 2.05) is 5.32 Å². The number of β-lactam (4-membered cyclic amide) rings is 1. The third kappa shape index (κ3) is 3.10. The van der Waals surface area contributed by atoms with E-state index in [0.29, 0.717) is 11.3 Å². The lowest BCUT2D eigenvalue weighted by Crippen LogP contribution is -2.48. The smallest absolute Gasteiger partial charge is 0.415 e. The number of nitrogens with one attached hydrogen (secondary N) is 2. The zero-order chi connectivity index (χ0) is 15.6. The summed E-state index contributed by atoms with van der Waals surface area (Å²) in [5.41, 5.74) is -0.0172. The van der Waals surface area contributed by atoms with Crippen molar-refractivity contribution in [3.63, 3.8) is 0 Å². The number of carboxylic acid groups (broad SMARTS) is 1. The SMILES string of the molecule is COC(=O)NC(=O)NCCC1=C(C(=O)O)N2C(=O)C[C@H]2S1. The Bertz CT molecular complexity index is 546. The first-order chi connectivity index (χ1) is 9.93. The maximum atomic E-state index is 11.4. The first-order valence-corrected chi connectivity index (χ1v) is 6.90. The van der Waals surface area contributed by atoms with Crippen molar-refractivity contribution >= 4 is 35.8 Å². The minimum Gasteiger partial charge on any atom is -0.477 e. The van der Waals surface area contributed by atoms with Crippen LogP contribution in [-0.4, -0.2) is 53.0 Å². The predicted octanol–water partition coefficient (Wildman–Crippen LogP) is 0.0435. The number of carboxylic acids is 1. The zero-order valence-electron chi connectivity index (χ0n) is 11.0. The van der Waals surface area contributed by atoms with Crippen molar-refractivity contribution in [2.24, 2.45) is 0 Å². The first-order valence-electron chi connectivity index (χ1n) is 6.02. The van der Waals surface area contributed by atoms with Crippen LogP contribution in [0.1, 0.15) is 12.8 Å². The van der Waals surface area contributed by atoms with Crippen LogP contribution in [0.5, 0.6) is 0 Å². The van der Waals surface area contributed by atoms with E-state index in [-0.39, 0.29) is 29.9 Å². The maximum absolute atomic E-state index is 11.4. The number of amides is 4. The van der Waals surface area contributed by atoms with E-state index in [1.165, 1.54) is 16.7 Å². The molecular formula is C11H13N3O6S. The predicted molar refractivity (Wildman–Crippen MR) is 71.1 cm³/mol. The Labute approximate surface area is 123 Å². The average Bonchev–Trinajstić information content (AvgIpc) is 2.71. The maximum Gasteiger partial charge on any atom is 0.415 e. The fourth-order valence-corrected chi connectivity index (χ4v) is 3.38. The summed E-state index contributed by atoms with van der Waals surface area (Å²) in [6, 6.07) is -0.735. The number of carbonyl (C=O) groups excluding carboxylic acids is 3. The van der Waals surface area contributed by atoms with E-state index in [9.17, 15) is 19.2 Å². The average molecular weight is 315 g/mol. The van der Waals surface area contributed by atoms with Crippen molar-refractivity contribution < 1.29 is 29.0 Å². The van der Waals surface area contributed by atoms with Crippen molar-refractivity contribution in [2.45, 2.75) is 18.2 Å². The number of methoxy groups -OCH3 is 1. The molecule has 3 N–H and O–H groups in total. The Kier molecular flexibility index (Phi) is 4.36. The molecule has 0 aromatic rings. The number of urea groups is 1. The number of aliphatic carboxylic acids is 1. The molecule has 0 bridgehead atoms. The molecule has 0 unspecified atom stereocenters. The fraction of sp³-hybridized carbons (Fsp3) is 0.455. The number of imide groups is 1. The van der Waals surface area contributed by atoms with Crippen molar-refractivity contribution in [2.75, 3.05) is 13.7 Å². The summed E-state index contributed by atoms with van der Waals surface area (Å²) in [5, 5.41) is 13.3. The lowest BCUT2D eigenvalue weighted by atomic mass is 10.1. The van der Waals surface area contributed by atoms with Crippen LogP contribution in [0.3, 0.4) is 0 Å². The molecule has 4 amide bonds. The number of alkyl carbamates (subject to hydrolysis) is 1. The van der Waals surface area contributed by atoms with Gasteiger partial charge in [0, 0.05) is 11.4 Å². The van der Waals surface area contributed by atoms with Gasteiger partial charge in [-0.05, 0) is 6.42 Å². The highest BCUT2D eigenvalue weighted by molar-refractivity contribution is 8.04. The van der Waals surface area contributed by atoms with Crippen LogP contribution in [0, 0.1) is 0 Å². The highest BCUT2D eigenvalue weighted by Crippen LogP contribution is 2.47. The van der Waals surface area contributed by atoms with Gasteiger partial charge in [0.2, 0.25) is 5.91 Å². The molecule has 1 fully saturated rings. The number of hydrogen-bond acceptors (Lipinski definition) is 6. The van der Waals surface area contributed by atoms with Crippen molar-refractivity contribution in [1.29, 1.82) is 0 Å². The van der Waals surface area contributed by atoms with Gasteiger partial charge in [-0.1, -0.05) is 0 Å². The Morgan fingerprint density at radius 2 is 2.19 bits per heavy atom. The summed E-state index contributed by atoms with van der Waals surface area (Å²) in [6.45, 7) is 0.136. The van der Waals surface area contributed by atoms with Crippen LogP contribution < -0.4 is 10.6 Å². The van der Waals surface area contributed by atoms with E-state index >= 15 is 0 Å². The van der Waals surface area contributed by atoms with Crippen molar-refractivity contribution in [3.8, 4) is 0 Å².